The van der Waals surface area contributed by atoms with Crippen molar-refractivity contribution < 1.29 is 8.95 Å². The molecule has 0 saturated carbocycles. The molecule has 1 atom stereocenters. The molecule has 24 heavy (non-hydrogen) atoms. The van der Waals surface area contributed by atoms with Gasteiger partial charge >= 0.3 is 0 Å². The van der Waals surface area contributed by atoms with Gasteiger partial charge in [-0.1, -0.05) is 44.5 Å². The summed E-state index contributed by atoms with van der Waals surface area (Å²) < 4.78 is 20.4. The van der Waals surface area contributed by atoms with E-state index in [1.165, 1.54) is 11.8 Å². The summed E-state index contributed by atoms with van der Waals surface area (Å²) >= 11 is 9.41. The standard InChI is InChI=1S/C17H20BrClN2O2S/c1-17(2,3)12-5-7-14(8-6-12)24(22)21(11-23-4)15-9-13(19)10-20-16(15)18/h5-10H,11H2,1-4H3. The summed E-state index contributed by atoms with van der Waals surface area (Å²) in [5, 5.41) is 0.467. The van der Waals surface area contributed by atoms with Crippen LogP contribution in [0.15, 0.2) is 46.0 Å². The first-order chi connectivity index (χ1) is 11.2. The lowest BCUT2D eigenvalue weighted by atomic mass is 9.87. The predicted octanol–water partition coefficient (Wildman–Crippen LogP) is 4.93. The summed E-state index contributed by atoms with van der Waals surface area (Å²) in [6.45, 7) is 6.58. The third-order valence-electron chi connectivity index (χ3n) is 3.42. The van der Waals surface area contributed by atoms with Gasteiger partial charge in [0.2, 0.25) is 0 Å². The maximum Gasteiger partial charge on any atom is 0.155 e. The van der Waals surface area contributed by atoms with E-state index >= 15 is 0 Å². The molecule has 0 fully saturated rings. The molecule has 0 aliphatic rings. The highest BCUT2D eigenvalue weighted by Gasteiger charge is 2.21. The summed E-state index contributed by atoms with van der Waals surface area (Å²) in [5.41, 5.74) is 1.85. The van der Waals surface area contributed by atoms with Crippen molar-refractivity contribution in [1.29, 1.82) is 0 Å². The van der Waals surface area contributed by atoms with Gasteiger partial charge in [0.1, 0.15) is 11.3 Å². The Morgan fingerprint density at radius 2 is 1.92 bits per heavy atom. The maximum absolute atomic E-state index is 13.0. The van der Waals surface area contributed by atoms with Gasteiger partial charge in [-0.15, -0.1) is 0 Å². The average molecular weight is 432 g/mol. The largest absolute Gasteiger partial charge is 0.363 e. The Morgan fingerprint density at radius 3 is 2.46 bits per heavy atom. The molecule has 0 aliphatic heterocycles. The number of hydrogen-bond donors (Lipinski definition) is 0. The van der Waals surface area contributed by atoms with E-state index in [4.69, 9.17) is 16.3 Å². The van der Waals surface area contributed by atoms with E-state index in [-0.39, 0.29) is 12.1 Å². The molecule has 1 heterocycles. The lowest BCUT2D eigenvalue weighted by molar-refractivity contribution is 0.210. The van der Waals surface area contributed by atoms with Crippen LogP contribution in [0.2, 0.25) is 5.02 Å². The lowest BCUT2D eigenvalue weighted by Gasteiger charge is -2.24. The average Bonchev–Trinajstić information content (AvgIpc) is 2.54. The molecule has 0 N–H and O–H groups in total. The number of methoxy groups -OCH3 is 1. The van der Waals surface area contributed by atoms with Gasteiger partial charge in [0, 0.05) is 13.3 Å². The second-order valence-corrected chi connectivity index (χ2v) is 8.88. The van der Waals surface area contributed by atoms with E-state index in [1.807, 2.05) is 24.3 Å². The molecular weight excluding hydrogens is 412 g/mol. The number of pyridine rings is 1. The number of rotatable bonds is 5. The van der Waals surface area contributed by atoms with Crippen LogP contribution in [0.5, 0.6) is 0 Å². The van der Waals surface area contributed by atoms with E-state index < -0.39 is 11.0 Å². The molecule has 0 saturated heterocycles. The van der Waals surface area contributed by atoms with E-state index in [0.29, 0.717) is 20.2 Å². The monoisotopic (exact) mass is 430 g/mol. The third kappa shape index (κ3) is 4.57. The summed E-state index contributed by atoms with van der Waals surface area (Å²) in [6, 6.07) is 9.47. The number of nitrogens with zero attached hydrogens (tertiary/aromatic N) is 2. The van der Waals surface area contributed by atoms with Crippen LogP contribution in [0.3, 0.4) is 0 Å². The molecule has 7 heteroatoms. The van der Waals surface area contributed by atoms with Gasteiger partial charge < -0.3 is 4.74 Å². The Kier molecular flexibility index (Phi) is 6.42. The number of hydrogen-bond acceptors (Lipinski definition) is 3. The number of aromatic nitrogens is 1. The van der Waals surface area contributed by atoms with Crippen LogP contribution >= 0.6 is 27.5 Å². The Balaban J connectivity index is 2.37. The predicted molar refractivity (Wildman–Crippen MR) is 103 cm³/mol. The van der Waals surface area contributed by atoms with Crippen LogP contribution in [0.4, 0.5) is 5.69 Å². The molecule has 0 amide bonds. The second kappa shape index (κ2) is 7.95. The lowest BCUT2D eigenvalue weighted by Crippen LogP contribution is -2.28. The second-order valence-electron chi connectivity index (χ2n) is 6.28. The van der Waals surface area contributed by atoms with E-state index in [2.05, 4.69) is 41.7 Å². The van der Waals surface area contributed by atoms with Crippen molar-refractivity contribution >= 4 is 44.2 Å². The third-order valence-corrected chi connectivity index (χ3v) is 5.62. The zero-order valence-electron chi connectivity index (χ0n) is 14.0. The molecule has 0 aliphatic carbocycles. The first kappa shape index (κ1) is 19.4. The fraction of sp³-hybridized carbons (Fsp3) is 0.353. The Morgan fingerprint density at radius 1 is 1.29 bits per heavy atom. The Bertz CT molecular complexity index is 732. The van der Waals surface area contributed by atoms with Gasteiger partial charge in [0.05, 0.1) is 15.6 Å². The molecule has 1 aromatic carbocycles. The molecular formula is C17H20BrClN2O2S. The highest BCUT2D eigenvalue weighted by molar-refractivity contribution is 9.10. The Hall–Kier alpha value is -0.950. The Labute approximate surface area is 158 Å². The number of halogens is 2. The number of benzene rings is 1. The molecule has 4 nitrogen and oxygen atoms in total. The van der Waals surface area contributed by atoms with E-state index in [9.17, 15) is 4.21 Å². The van der Waals surface area contributed by atoms with Crippen LogP contribution in [-0.4, -0.2) is 23.0 Å². The van der Waals surface area contributed by atoms with Gasteiger partial charge in [0.25, 0.3) is 0 Å². The highest BCUT2D eigenvalue weighted by Crippen LogP contribution is 2.30. The van der Waals surface area contributed by atoms with Crippen molar-refractivity contribution in [2.75, 3.05) is 18.1 Å². The fourth-order valence-corrected chi connectivity index (χ4v) is 3.95. The van der Waals surface area contributed by atoms with Crippen LogP contribution in [0.25, 0.3) is 0 Å². The first-order valence-electron chi connectivity index (χ1n) is 7.34. The van der Waals surface area contributed by atoms with E-state index in [0.717, 1.165) is 0 Å². The molecule has 2 rings (SSSR count). The topological polar surface area (TPSA) is 42.4 Å². The molecule has 1 aromatic heterocycles. The smallest absolute Gasteiger partial charge is 0.155 e. The zero-order valence-corrected chi connectivity index (χ0v) is 17.2. The minimum absolute atomic E-state index is 0.0478. The SMILES string of the molecule is COCN(c1cc(Cl)cnc1Br)S(=O)c1ccc(C(C)(C)C)cc1. The first-order valence-corrected chi connectivity index (χ1v) is 9.61. The maximum atomic E-state index is 13.0. The minimum Gasteiger partial charge on any atom is -0.363 e. The van der Waals surface area contributed by atoms with Gasteiger partial charge in [0.15, 0.2) is 11.0 Å². The molecule has 0 spiro atoms. The van der Waals surface area contributed by atoms with Gasteiger partial charge in [-0.05, 0) is 45.1 Å². The van der Waals surface area contributed by atoms with Crippen LogP contribution in [-0.2, 0) is 21.1 Å². The van der Waals surface area contributed by atoms with Crippen molar-refractivity contribution in [3.8, 4) is 0 Å². The molecule has 2 aromatic rings. The number of ether oxygens (including phenoxy) is 1. The molecule has 1 unspecified atom stereocenters. The van der Waals surface area contributed by atoms with Gasteiger partial charge in [-0.2, -0.15) is 0 Å². The van der Waals surface area contributed by atoms with Crippen molar-refractivity contribution in [3.05, 3.63) is 51.7 Å². The van der Waals surface area contributed by atoms with Crippen molar-refractivity contribution in [2.45, 2.75) is 31.1 Å². The highest BCUT2D eigenvalue weighted by atomic mass is 79.9. The summed E-state index contributed by atoms with van der Waals surface area (Å²) in [6.07, 6.45) is 1.53. The summed E-state index contributed by atoms with van der Waals surface area (Å²) in [5.74, 6) is 0. The molecule has 0 radical (unpaired) electrons. The minimum atomic E-state index is -1.45. The van der Waals surface area contributed by atoms with Gasteiger partial charge in [-0.25, -0.2) is 9.19 Å². The number of anilines is 1. The van der Waals surface area contributed by atoms with Crippen LogP contribution in [0, 0.1) is 0 Å². The summed E-state index contributed by atoms with van der Waals surface area (Å²) in [7, 11) is 0.108. The van der Waals surface area contributed by atoms with Crippen molar-refractivity contribution in [1.82, 2.24) is 4.98 Å². The molecule has 0 bridgehead atoms. The normalized spacial score (nSPS) is 12.9. The van der Waals surface area contributed by atoms with Crippen molar-refractivity contribution in [2.24, 2.45) is 0 Å². The van der Waals surface area contributed by atoms with E-state index in [1.54, 1.807) is 17.5 Å². The van der Waals surface area contributed by atoms with Crippen molar-refractivity contribution in [3.63, 3.8) is 0 Å². The quantitative estimate of drug-likeness (QED) is 0.498. The fourth-order valence-electron chi connectivity index (χ4n) is 2.11. The van der Waals surface area contributed by atoms with Crippen LogP contribution in [0.1, 0.15) is 26.3 Å². The van der Waals surface area contributed by atoms with Gasteiger partial charge in [-0.3, -0.25) is 4.31 Å². The zero-order chi connectivity index (χ0) is 17.9. The van der Waals surface area contributed by atoms with Crippen LogP contribution < -0.4 is 4.31 Å². The molecule has 130 valence electrons. The summed E-state index contributed by atoms with van der Waals surface area (Å²) in [4.78, 5) is 4.84.